The van der Waals surface area contributed by atoms with Crippen LogP contribution in [-0.2, 0) is 4.79 Å². The number of hydrogen-bond donors (Lipinski definition) is 1. The topological polar surface area (TPSA) is 42.0 Å². The first kappa shape index (κ1) is 13.5. The monoisotopic (exact) mass is 306 g/mol. The van der Waals surface area contributed by atoms with E-state index in [0.717, 1.165) is 47.9 Å². The standard InChI is InChI=1S/C20H22N2O/c23-19(20-10-13-7-14(11-20)9-15(8-13)12-20)22-18-6-5-16-3-1-2-4-17(16)21-18/h1-6,13-15H,7-12H2,(H,21,22,23). The SMILES string of the molecule is O=C(Nc1ccc2ccccc2n1)C12CC3CC(CC(C3)C1)C2. The number of para-hydroxylation sites is 1. The van der Waals surface area contributed by atoms with Crippen molar-refractivity contribution < 1.29 is 4.79 Å². The Kier molecular flexibility index (Phi) is 2.82. The van der Waals surface area contributed by atoms with Crippen LogP contribution >= 0.6 is 0 Å². The number of benzene rings is 1. The van der Waals surface area contributed by atoms with Crippen LogP contribution in [0.15, 0.2) is 36.4 Å². The summed E-state index contributed by atoms with van der Waals surface area (Å²) in [7, 11) is 0. The molecule has 0 radical (unpaired) electrons. The number of hydrogen-bond acceptors (Lipinski definition) is 2. The summed E-state index contributed by atoms with van der Waals surface area (Å²) in [5.74, 6) is 3.29. The van der Waals surface area contributed by atoms with Crippen LogP contribution in [0.3, 0.4) is 0 Å². The van der Waals surface area contributed by atoms with Crippen molar-refractivity contribution >= 4 is 22.6 Å². The first-order valence-electron chi connectivity index (χ1n) is 8.87. The number of carbonyl (C=O) groups is 1. The number of carbonyl (C=O) groups excluding carboxylic acids is 1. The van der Waals surface area contributed by atoms with E-state index in [1.165, 1.54) is 19.3 Å². The lowest BCUT2D eigenvalue weighted by Crippen LogP contribution is -2.51. The first-order chi connectivity index (χ1) is 11.2. The Hall–Kier alpha value is -1.90. The quantitative estimate of drug-likeness (QED) is 0.894. The second kappa shape index (κ2) is 4.80. The lowest BCUT2D eigenvalue weighted by atomic mass is 9.49. The van der Waals surface area contributed by atoms with E-state index < -0.39 is 0 Å². The maximum Gasteiger partial charge on any atom is 0.231 e. The Bertz CT molecular complexity index is 747. The van der Waals surface area contributed by atoms with Gasteiger partial charge in [-0.3, -0.25) is 4.79 Å². The fourth-order valence-electron chi connectivity index (χ4n) is 5.77. The summed E-state index contributed by atoms with van der Waals surface area (Å²) < 4.78 is 0. The van der Waals surface area contributed by atoms with Gasteiger partial charge in [0.1, 0.15) is 5.82 Å². The van der Waals surface area contributed by atoms with Gasteiger partial charge >= 0.3 is 0 Å². The second-order valence-corrected chi connectivity index (χ2v) is 8.04. The average Bonchev–Trinajstić information content (AvgIpc) is 2.53. The number of amides is 1. The predicted octanol–water partition coefficient (Wildman–Crippen LogP) is 4.39. The molecule has 1 heterocycles. The molecule has 4 saturated carbocycles. The molecule has 23 heavy (non-hydrogen) atoms. The highest BCUT2D eigenvalue weighted by molar-refractivity contribution is 5.96. The Morgan fingerprint density at radius 1 is 0.957 bits per heavy atom. The molecule has 4 aliphatic rings. The van der Waals surface area contributed by atoms with Crippen LogP contribution in [0.4, 0.5) is 5.82 Å². The zero-order valence-corrected chi connectivity index (χ0v) is 13.3. The Morgan fingerprint density at radius 3 is 2.30 bits per heavy atom. The smallest absolute Gasteiger partial charge is 0.231 e. The first-order valence-corrected chi connectivity index (χ1v) is 8.87. The van der Waals surface area contributed by atoms with Gasteiger partial charge in [-0.1, -0.05) is 18.2 Å². The third kappa shape index (κ3) is 2.17. The number of fused-ring (bicyclic) bond motifs is 1. The third-order valence-corrected chi connectivity index (χ3v) is 6.36. The molecule has 3 heteroatoms. The van der Waals surface area contributed by atoms with Gasteiger partial charge in [-0.05, 0) is 74.5 Å². The van der Waals surface area contributed by atoms with Crippen LogP contribution in [0.2, 0.25) is 0 Å². The summed E-state index contributed by atoms with van der Waals surface area (Å²) in [4.78, 5) is 17.7. The van der Waals surface area contributed by atoms with Gasteiger partial charge in [-0.2, -0.15) is 0 Å². The van der Waals surface area contributed by atoms with Crippen molar-refractivity contribution in [1.29, 1.82) is 0 Å². The molecule has 118 valence electrons. The van der Waals surface area contributed by atoms with Crippen LogP contribution in [0.1, 0.15) is 38.5 Å². The molecule has 4 fully saturated rings. The Morgan fingerprint density at radius 2 is 1.61 bits per heavy atom. The molecule has 0 unspecified atom stereocenters. The summed E-state index contributed by atoms with van der Waals surface area (Å²) in [5, 5.41) is 4.25. The van der Waals surface area contributed by atoms with E-state index >= 15 is 0 Å². The van der Waals surface area contributed by atoms with E-state index in [-0.39, 0.29) is 11.3 Å². The molecule has 1 N–H and O–H groups in total. The largest absolute Gasteiger partial charge is 0.310 e. The molecule has 0 aliphatic heterocycles. The molecule has 1 aromatic heterocycles. The minimum Gasteiger partial charge on any atom is -0.310 e. The van der Waals surface area contributed by atoms with E-state index in [2.05, 4.69) is 10.3 Å². The molecule has 1 amide bonds. The van der Waals surface area contributed by atoms with Crippen molar-refractivity contribution in [1.82, 2.24) is 4.98 Å². The van der Waals surface area contributed by atoms with Gasteiger partial charge in [0, 0.05) is 5.39 Å². The molecule has 3 nitrogen and oxygen atoms in total. The van der Waals surface area contributed by atoms with Gasteiger partial charge in [0.05, 0.1) is 10.9 Å². The molecular formula is C20H22N2O. The van der Waals surface area contributed by atoms with Crippen LogP contribution in [0.5, 0.6) is 0 Å². The van der Waals surface area contributed by atoms with E-state index in [0.29, 0.717) is 5.82 Å². The van der Waals surface area contributed by atoms with Crippen molar-refractivity contribution in [2.24, 2.45) is 23.2 Å². The van der Waals surface area contributed by atoms with Gasteiger partial charge in [-0.15, -0.1) is 0 Å². The molecule has 0 spiro atoms. The van der Waals surface area contributed by atoms with E-state index in [9.17, 15) is 4.79 Å². The van der Waals surface area contributed by atoms with Crippen LogP contribution in [0, 0.1) is 23.2 Å². The highest BCUT2D eigenvalue weighted by Crippen LogP contribution is 2.60. The van der Waals surface area contributed by atoms with Gasteiger partial charge in [0.25, 0.3) is 0 Å². The summed E-state index contributed by atoms with van der Waals surface area (Å²) in [5.41, 5.74) is 0.832. The number of pyridine rings is 1. The lowest BCUT2D eigenvalue weighted by Gasteiger charge is -2.55. The van der Waals surface area contributed by atoms with E-state index in [1.54, 1.807) is 0 Å². The van der Waals surface area contributed by atoms with Crippen molar-refractivity contribution in [3.63, 3.8) is 0 Å². The van der Waals surface area contributed by atoms with Gasteiger partial charge < -0.3 is 5.32 Å². The molecule has 6 rings (SSSR count). The van der Waals surface area contributed by atoms with Crippen molar-refractivity contribution in [3.05, 3.63) is 36.4 Å². The van der Waals surface area contributed by atoms with Crippen molar-refractivity contribution in [2.45, 2.75) is 38.5 Å². The van der Waals surface area contributed by atoms with Crippen LogP contribution in [-0.4, -0.2) is 10.9 Å². The summed E-state index contributed by atoms with van der Waals surface area (Å²) in [6.45, 7) is 0. The van der Waals surface area contributed by atoms with Crippen molar-refractivity contribution in [3.8, 4) is 0 Å². The van der Waals surface area contributed by atoms with E-state index in [1.807, 2.05) is 36.4 Å². The van der Waals surface area contributed by atoms with Gasteiger partial charge in [0.2, 0.25) is 5.91 Å². The number of aromatic nitrogens is 1. The van der Waals surface area contributed by atoms with Crippen LogP contribution in [0.25, 0.3) is 10.9 Å². The van der Waals surface area contributed by atoms with Gasteiger partial charge in [0.15, 0.2) is 0 Å². The summed E-state index contributed by atoms with van der Waals surface area (Å²) in [6.07, 6.45) is 7.37. The zero-order valence-electron chi connectivity index (χ0n) is 13.3. The van der Waals surface area contributed by atoms with Gasteiger partial charge in [-0.25, -0.2) is 4.98 Å². The number of anilines is 1. The predicted molar refractivity (Wildman–Crippen MR) is 91.0 cm³/mol. The second-order valence-electron chi connectivity index (χ2n) is 8.04. The minimum absolute atomic E-state index is 0.109. The molecule has 4 aliphatic carbocycles. The Labute approximate surface area is 136 Å². The normalized spacial score (nSPS) is 34.7. The van der Waals surface area contributed by atoms with Crippen LogP contribution < -0.4 is 5.32 Å². The third-order valence-electron chi connectivity index (χ3n) is 6.36. The molecule has 0 atom stereocenters. The highest BCUT2D eigenvalue weighted by atomic mass is 16.2. The molecule has 2 aromatic rings. The van der Waals surface area contributed by atoms with Crippen molar-refractivity contribution in [2.75, 3.05) is 5.32 Å². The zero-order chi connectivity index (χ0) is 15.4. The number of rotatable bonds is 2. The lowest BCUT2D eigenvalue weighted by molar-refractivity contribution is -0.140. The molecule has 1 aromatic carbocycles. The minimum atomic E-state index is -0.109. The summed E-state index contributed by atoms with van der Waals surface area (Å²) >= 11 is 0. The molecule has 0 saturated heterocycles. The maximum absolute atomic E-state index is 13.1. The number of nitrogens with zero attached hydrogens (tertiary/aromatic N) is 1. The Balaban J connectivity index is 1.42. The molecule has 4 bridgehead atoms. The number of nitrogens with one attached hydrogen (secondary N) is 1. The average molecular weight is 306 g/mol. The maximum atomic E-state index is 13.1. The fraction of sp³-hybridized carbons (Fsp3) is 0.500. The fourth-order valence-corrected chi connectivity index (χ4v) is 5.77. The molecular weight excluding hydrogens is 284 g/mol. The highest BCUT2D eigenvalue weighted by Gasteiger charge is 2.54. The van der Waals surface area contributed by atoms with E-state index in [4.69, 9.17) is 0 Å². The summed E-state index contributed by atoms with van der Waals surface area (Å²) in [6, 6.07) is 12.0.